The highest BCUT2D eigenvalue weighted by molar-refractivity contribution is 7.99. The molecule has 0 saturated carbocycles. The average Bonchev–Trinajstić information content (AvgIpc) is 3.09. The van der Waals surface area contributed by atoms with Gasteiger partial charge in [-0.25, -0.2) is 4.98 Å². The smallest absolute Gasteiger partial charge is 0.261 e. The van der Waals surface area contributed by atoms with Crippen molar-refractivity contribution in [1.29, 1.82) is 0 Å². The van der Waals surface area contributed by atoms with Crippen LogP contribution in [0.2, 0.25) is 0 Å². The number of benzene rings is 1. The lowest BCUT2D eigenvalue weighted by molar-refractivity contribution is 0.0656. The van der Waals surface area contributed by atoms with Gasteiger partial charge in [0.25, 0.3) is 0 Å². The largest absolute Gasteiger partial charge is 0.321 e. The molecule has 0 amide bonds. The summed E-state index contributed by atoms with van der Waals surface area (Å²) in [6.07, 6.45) is 0. The molecule has 4 rings (SSSR count). The Labute approximate surface area is 125 Å². The number of aromatic nitrogens is 7. The van der Waals surface area contributed by atoms with E-state index < -0.39 is 6.55 Å². The van der Waals surface area contributed by atoms with E-state index in [1.807, 2.05) is 0 Å². The summed E-state index contributed by atoms with van der Waals surface area (Å²) >= 11 is 1.03. The third-order valence-electron chi connectivity index (χ3n) is 3.00. The Morgan fingerprint density at radius 3 is 2.82 bits per heavy atom. The number of imidazole rings is 1. The quantitative estimate of drug-likeness (QED) is 0.577. The summed E-state index contributed by atoms with van der Waals surface area (Å²) in [5.41, 5.74) is 1.36. The highest BCUT2D eigenvalue weighted by Gasteiger charge is 2.19. The molecule has 0 bridgehead atoms. The van der Waals surface area contributed by atoms with Gasteiger partial charge in [0.2, 0.25) is 0 Å². The molecule has 1 aromatic carbocycles. The minimum Gasteiger partial charge on any atom is -0.261 e. The molecule has 0 fully saturated rings. The Hall–Kier alpha value is -2.62. The van der Waals surface area contributed by atoms with Gasteiger partial charge < -0.3 is 0 Å². The Morgan fingerprint density at radius 2 is 1.95 bits per heavy atom. The maximum absolute atomic E-state index is 13.3. The lowest BCUT2D eigenvalue weighted by Gasteiger charge is -2.06. The minimum atomic E-state index is -2.69. The second-order valence-electron chi connectivity index (χ2n) is 4.33. The zero-order valence-corrected chi connectivity index (χ0v) is 11.7. The van der Waals surface area contributed by atoms with Crippen molar-refractivity contribution in [3.8, 4) is 0 Å². The van der Waals surface area contributed by atoms with Crippen molar-refractivity contribution in [2.45, 2.75) is 16.7 Å². The normalized spacial score (nSPS) is 11.8. The molecule has 0 atom stereocenters. The Morgan fingerprint density at radius 1 is 1.09 bits per heavy atom. The van der Waals surface area contributed by atoms with Gasteiger partial charge in [0.1, 0.15) is 5.03 Å². The van der Waals surface area contributed by atoms with Crippen LogP contribution in [-0.2, 0) is 0 Å². The SMILES string of the molecule is FC(F)n1c(Sc2ccc3nnnn3n2)nc2ccccc21. The van der Waals surface area contributed by atoms with E-state index in [1.165, 1.54) is 4.63 Å². The molecule has 0 unspecified atom stereocenters. The van der Waals surface area contributed by atoms with E-state index in [0.717, 1.165) is 16.3 Å². The predicted octanol–water partition coefficient (Wildman–Crippen LogP) is 2.42. The van der Waals surface area contributed by atoms with Crippen LogP contribution in [0.1, 0.15) is 6.55 Å². The van der Waals surface area contributed by atoms with E-state index in [-0.39, 0.29) is 5.16 Å². The van der Waals surface area contributed by atoms with Gasteiger partial charge in [0, 0.05) is 0 Å². The van der Waals surface area contributed by atoms with Gasteiger partial charge >= 0.3 is 6.55 Å². The van der Waals surface area contributed by atoms with Crippen LogP contribution in [0.5, 0.6) is 0 Å². The summed E-state index contributed by atoms with van der Waals surface area (Å²) in [7, 11) is 0. The lowest BCUT2D eigenvalue weighted by atomic mass is 10.3. The molecule has 3 aromatic heterocycles. The van der Waals surface area contributed by atoms with Crippen LogP contribution < -0.4 is 0 Å². The van der Waals surface area contributed by atoms with E-state index in [9.17, 15) is 8.78 Å². The highest BCUT2D eigenvalue weighted by Crippen LogP contribution is 2.32. The van der Waals surface area contributed by atoms with Gasteiger partial charge in [-0.15, -0.1) is 14.8 Å². The fourth-order valence-corrected chi connectivity index (χ4v) is 2.93. The van der Waals surface area contributed by atoms with E-state index in [4.69, 9.17) is 0 Å². The summed E-state index contributed by atoms with van der Waals surface area (Å²) in [6, 6.07) is 10.1. The summed E-state index contributed by atoms with van der Waals surface area (Å²) < 4.78 is 28.8. The van der Waals surface area contributed by atoms with Crippen LogP contribution in [0.3, 0.4) is 0 Å². The van der Waals surface area contributed by atoms with Crippen molar-refractivity contribution in [3.63, 3.8) is 0 Å². The molecule has 3 heterocycles. The van der Waals surface area contributed by atoms with Crippen molar-refractivity contribution in [2.24, 2.45) is 0 Å². The number of halogens is 2. The summed E-state index contributed by atoms with van der Waals surface area (Å²) in [5, 5.41) is 15.7. The van der Waals surface area contributed by atoms with Gasteiger partial charge in [0.15, 0.2) is 10.8 Å². The van der Waals surface area contributed by atoms with Gasteiger partial charge in [-0.05, 0) is 46.5 Å². The van der Waals surface area contributed by atoms with Gasteiger partial charge in [-0.1, -0.05) is 12.1 Å². The third-order valence-corrected chi connectivity index (χ3v) is 3.90. The first-order valence-corrected chi connectivity index (χ1v) is 7.02. The standard InChI is InChI=1S/C12H7F2N7S/c13-11(14)20-8-4-2-1-3-7(8)15-12(20)22-10-6-5-9-16-18-19-21(9)17-10/h1-6,11H. The molecule has 22 heavy (non-hydrogen) atoms. The molecule has 0 aliphatic heterocycles. The molecule has 0 spiro atoms. The van der Waals surface area contributed by atoms with Crippen molar-refractivity contribution >= 4 is 28.4 Å². The van der Waals surface area contributed by atoms with Gasteiger partial charge in [-0.3, -0.25) is 4.57 Å². The molecule has 0 radical (unpaired) electrons. The summed E-state index contributed by atoms with van der Waals surface area (Å²) in [5.74, 6) is 0. The zero-order valence-electron chi connectivity index (χ0n) is 10.8. The van der Waals surface area contributed by atoms with Crippen molar-refractivity contribution in [2.75, 3.05) is 0 Å². The van der Waals surface area contributed by atoms with Crippen molar-refractivity contribution in [1.82, 2.24) is 34.8 Å². The van der Waals surface area contributed by atoms with E-state index >= 15 is 0 Å². The van der Waals surface area contributed by atoms with Crippen LogP contribution in [0.4, 0.5) is 8.78 Å². The lowest BCUT2D eigenvalue weighted by Crippen LogP contribution is -2.01. The molecular formula is C12H7F2N7S. The van der Waals surface area contributed by atoms with Crippen LogP contribution in [0.25, 0.3) is 16.7 Å². The maximum Gasteiger partial charge on any atom is 0.321 e. The first kappa shape index (κ1) is 13.1. The Bertz CT molecular complexity index is 964. The molecule has 10 heteroatoms. The molecule has 0 N–H and O–H groups in total. The molecule has 7 nitrogen and oxygen atoms in total. The molecule has 0 aliphatic rings. The monoisotopic (exact) mass is 319 g/mol. The number of hydrogen-bond donors (Lipinski definition) is 0. The average molecular weight is 319 g/mol. The van der Waals surface area contributed by atoms with E-state index in [2.05, 4.69) is 25.6 Å². The second-order valence-corrected chi connectivity index (χ2v) is 5.32. The number of para-hydroxylation sites is 2. The number of alkyl halides is 2. The summed E-state index contributed by atoms with van der Waals surface area (Å²) in [6.45, 7) is -2.69. The first-order chi connectivity index (χ1) is 10.7. The molecule has 0 saturated heterocycles. The zero-order chi connectivity index (χ0) is 15.1. The number of fused-ring (bicyclic) bond motifs is 2. The number of hydrogen-bond acceptors (Lipinski definition) is 6. The molecular weight excluding hydrogens is 312 g/mol. The van der Waals surface area contributed by atoms with Crippen molar-refractivity contribution in [3.05, 3.63) is 36.4 Å². The topological polar surface area (TPSA) is 73.8 Å². The van der Waals surface area contributed by atoms with Crippen LogP contribution >= 0.6 is 11.8 Å². The van der Waals surface area contributed by atoms with E-state index in [1.54, 1.807) is 36.4 Å². The van der Waals surface area contributed by atoms with Crippen LogP contribution in [-0.4, -0.2) is 34.8 Å². The minimum absolute atomic E-state index is 0.163. The first-order valence-electron chi connectivity index (χ1n) is 6.21. The highest BCUT2D eigenvalue weighted by atomic mass is 32.2. The van der Waals surface area contributed by atoms with Crippen molar-refractivity contribution < 1.29 is 8.78 Å². The second kappa shape index (κ2) is 4.98. The van der Waals surface area contributed by atoms with Gasteiger partial charge in [-0.2, -0.15) is 8.78 Å². The number of nitrogens with zero attached hydrogens (tertiary/aromatic N) is 7. The van der Waals surface area contributed by atoms with E-state index in [0.29, 0.717) is 21.7 Å². The molecule has 110 valence electrons. The predicted molar refractivity (Wildman–Crippen MR) is 73.7 cm³/mol. The number of tetrazole rings is 1. The molecule has 0 aliphatic carbocycles. The fourth-order valence-electron chi connectivity index (χ4n) is 2.06. The Kier molecular flexibility index (Phi) is 2.96. The maximum atomic E-state index is 13.3. The van der Waals surface area contributed by atoms with Crippen LogP contribution in [0.15, 0.2) is 46.6 Å². The third kappa shape index (κ3) is 2.08. The summed E-state index contributed by atoms with van der Waals surface area (Å²) in [4.78, 5) is 4.24. The number of rotatable bonds is 3. The Balaban J connectivity index is 1.81. The fraction of sp³-hybridized carbons (Fsp3) is 0.0833. The van der Waals surface area contributed by atoms with Crippen LogP contribution in [0, 0.1) is 0 Å². The van der Waals surface area contributed by atoms with Gasteiger partial charge in [0.05, 0.1) is 11.0 Å². The molecule has 4 aromatic rings.